The molecule has 0 amide bonds. The van der Waals surface area contributed by atoms with Gasteiger partial charge in [0.05, 0.1) is 72.2 Å². The van der Waals surface area contributed by atoms with E-state index in [2.05, 4.69) is 22.1 Å². The van der Waals surface area contributed by atoms with Crippen molar-refractivity contribution in [2.75, 3.05) is 26.4 Å². The van der Waals surface area contributed by atoms with Gasteiger partial charge in [-0.3, -0.25) is 9.98 Å². The third kappa shape index (κ3) is 18.0. The van der Waals surface area contributed by atoms with Gasteiger partial charge in [-0.1, -0.05) is 54.6 Å². The summed E-state index contributed by atoms with van der Waals surface area (Å²) in [6.45, 7) is 2.27. The number of ether oxygens (including phenoxy) is 6. The van der Waals surface area contributed by atoms with Gasteiger partial charge in [0.2, 0.25) is 0 Å². The minimum atomic E-state index is -0.623. The highest BCUT2D eigenvalue weighted by molar-refractivity contribution is 5.93. The minimum absolute atomic E-state index is 0.0214. The molecule has 14 heteroatoms. The highest BCUT2D eigenvalue weighted by Gasteiger charge is 2.14. The molecule has 14 nitrogen and oxygen atoms in total. The normalized spacial score (nSPS) is 11.0. The van der Waals surface area contributed by atoms with Crippen molar-refractivity contribution in [3.63, 3.8) is 0 Å². The Morgan fingerprint density at radius 2 is 0.698 bits per heavy atom. The highest BCUT2D eigenvalue weighted by Crippen LogP contribution is 2.29. The molecule has 0 unspecified atom stereocenters. The van der Waals surface area contributed by atoms with Crippen molar-refractivity contribution >= 4 is 35.7 Å². The molecule has 0 fully saturated rings. The largest absolute Gasteiger partial charge is 0.507 e. The highest BCUT2D eigenvalue weighted by atomic mass is 16.5. The van der Waals surface area contributed by atoms with Crippen LogP contribution in [0.4, 0.5) is 11.4 Å². The minimum Gasteiger partial charge on any atom is -0.507 e. The molecule has 0 aliphatic carbocycles. The molecule has 0 aliphatic heterocycles. The number of unbranched alkanes of at least 4 members (excludes halogenated alkanes) is 6. The average molecular weight is 1140 g/mol. The second-order valence-electron chi connectivity index (χ2n) is 20.0. The molecular weight excluding hydrogens is 1080 g/mol. The van der Waals surface area contributed by atoms with E-state index < -0.39 is 11.9 Å². The Kier molecular flexibility index (Phi) is 21.4. The Labute approximate surface area is 500 Å². The zero-order valence-corrected chi connectivity index (χ0v) is 47.2. The number of aromatic hydroxyl groups is 2. The van der Waals surface area contributed by atoms with Crippen molar-refractivity contribution in [2.24, 2.45) is 9.98 Å². The molecule has 0 bridgehead atoms. The molecule has 430 valence electrons. The van der Waals surface area contributed by atoms with Crippen LogP contribution in [0, 0.1) is 22.7 Å². The van der Waals surface area contributed by atoms with Gasteiger partial charge < -0.3 is 38.6 Å². The molecule has 2 N–H and O–H groups in total. The van der Waals surface area contributed by atoms with E-state index >= 15 is 0 Å². The Morgan fingerprint density at radius 3 is 1.03 bits per heavy atom. The lowest BCUT2D eigenvalue weighted by molar-refractivity contribution is 0.0732. The average Bonchev–Trinajstić information content (AvgIpc) is 3.67. The Bertz CT molecular complexity index is 3580. The Balaban J connectivity index is 0.630. The summed E-state index contributed by atoms with van der Waals surface area (Å²) in [7, 11) is 0. The number of nitriles is 2. The molecule has 9 aromatic rings. The molecule has 9 aromatic carbocycles. The summed E-state index contributed by atoms with van der Waals surface area (Å²) in [6, 6.07) is 64.5. The predicted octanol–water partition coefficient (Wildman–Crippen LogP) is 16.2. The van der Waals surface area contributed by atoms with Crippen LogP contribution in [-0.2, 0) is 0 Å². The van der Waals surface area contributed by atoms with E-state index in [4.69, 9.17) is 38.9 Å². The fourth-order valence-corrected chi connectivity index (χ4v) is 8.87. The van der Waals surface area contributed by atoms with E-state index in [1.54, 1.807) is 103 Å². The smallest absolute Gasteiger partial charge is 0.343 e. The predicted molar refractivity (Wildman–Crippen MR) is 332 cm³/mol. The number of hydrogen-bond donors (Lipinski definition) is 2. The summed E-state index contributed by atoms with van der Waals surface area (Å²) < 4.78 is 34.8. The van der Waals surface area contributed by atoms with Crippen LogP contribution in [0.25, 0.3) is 22.3 Å². The SMILES string of the molecule is N#Cc1ccc(-c2ccc(OCCCCCCOc3ccc(C=Nc4ccc(C(=O)Oc5cccc(OC(=O)c6ccc(N=Cc7ccc(OCCCCCCOc8ccc(-c9ccc(C#N)cc9)cc8)cc7O)cc6)c5)cc4)c(O)c3)cc2)cc1. The second-order valence-corrected chi connectivity index (χ2v) is 20.0. The van der Waals surface area contributed by atoms with Crippen molar-refractivity contribution in [1.29, 1.82) is 10.5 Å². The summed E-state index contributed by atoms with van der Waals surface area (Å²) in [5, 5.41) is 39.4. The molecule has 0 spiro atoms. The maximum Gasteiger partial charge on any atom is 0.343 e. The summed E-state index contributed by atoms with van der Waals surface area (Å²) in [6.07, 6.45) is 10.6. The molecule has 0 aliphatic rings. The first-order valence-corrected chi connectivity index (χ1v) is 28.4. The molecule has 0 saturated carbocycles. The van der Waals surface area contributed by atoms with Gasteiger partial charge in [-0.05, 0) is 207 Å². The molecule has 86 heavy (non-hydrogen) atoms. The van der Waals surface area contributed by atoms with E-state index in [-0.39, 0.29) is 34.1 Å². The van der Waals surface area contributed by atoms with Gasteiger partial charge in [0.1, 0.15) is 46.0 Å². The van der Waals surface area contributed by atoms with Crippen LogP contribution < -0.4 is 28.4 Å². The number of hydrogen-bond acceptors (Lipinski definition) is 14. The third-order valence-corrected chi connectivity index (χ3v) is 13.7. The molecule has 0 aromatic heterocycles. The third-order valence-electron chi connectivity index (χ3n) is 13.7. The van der Waals surface area contributed by atoms with E-state index in [1.165, 1.54) is 18.5 Å². The number of phenols is 2. The second kappa shape index (κ2) is 30.9. The van der Waals surface area contributed by atoms with E-state index in [0.717, 1.165) is 85.1 Å². The first kappa shape index (κ1) is 59.7. The van der Waals surface area contributed by atoms with Gasteiger partial charge in [0.15, 0.2) is 0 Å². The fraction of sp³-hybridized carbons (Fsp3) is 0.167. The van der Waals surface area contributed by atoms with Crippen LogP contribution in [0.15, 0.2) is 216 Å². The van der Waals surface area contributed by atoms with Crippen LogP contribution in [0.2, 0.25) is 0 Å². The van der Waals surface area contributed by atoms with Crippen molar-refractivity contribution in [2.45, 2.75) is 51.4 Å². The van der Waals surface area contributed by atoms with E-state index in [9.17, 15) is 19.8 Å². The monoisotopic (exact) mass is 1140 g/mol. The van der Waals surface area contributed by atoms with Crippen LogP contribution in [0.1, 0.15) is 94.3 Å². The molecule has 0 radical (unpaired) electrons. The lowest BCUT2D eigenvalue weighted by Gasteiger charge is -2.09. The quantitative estimate of drug-likeness (QED) is 0.0204. The van der Waals surface area contributed by atoms with E-state index in [1.807, 2.05) is 97.1 Å². The van der Waals surface area contributed by atoms with Crippen LogP contribution in [-0.4, -0.2) is 61.0 Å². The number of carbonyl (C=O) groups is 2. The van der Waals surface area contributed by atoms with Crippen LogP contribution in [0.3, 0.4) is 0 Å². The number of aliphatic imine (C=N–C) groups is 2. The molecule has 9 rings (SSSR count). The number of benzene rings is 9. The zero-order valence-electron chi connectivity index (χ0n) is 47.2. The summed E-state index contributed by atoms with van der Waals surface area (Å²) >= 11 is 0. The molecule has 0 saturated heterocycles. The lowest BCUT2D eigenvalue weighted by atomic mass is 10.0. The number of esters is 2. The summed E-state index contributed by atoms with van der Waals surface area (Å²) in [4.78, 5) is 35.1. The topological polar surface area (TPSA) is 202 Å². The molecule has 0 atom stereocenters. The number of carbonyl (C=O) groups excluding carboxylic acids is 2. The van der Waals surface area contributed by atoms with Crippen LogP contribution in [0.5, 0.6) is 46.0 Å². The lowest BCUT2D eigenvalue weighted by Crippen LogP contribution is -2.10. The fourth-order valence-electron chi connectivity index (χ4n) is 8.87. The maximum atomic E-state index is 13.1. The van der Waals surface area contributed by atoms with Gasteiger partial charge in [0.25, 0.3) is 0 Å². The van der Waals surface area contributed by atoms with Crippen molar-refractivity contribution < 1.29 is 48.2 Å². The molecular formula is C72H62N4O10. The number of rotatable bonds is 28. The van der Waals surface area contributed by atoms with Gasteiger partial charge >= 0.3 is 11.9 Å². The van der Waals surface area contributed by atoms with Crippen molar-refractivity contribution in [3.8, 4) is 80.4 Å². The van der Waals surface area contributed by atoms with Gasteiger partial charge in [-0.25, -0.2) is 9.59 Å². The maximum absolute atomic E-state index is 13.1. The summed E-state index contributed by atoms with van der Waals surface area (Å²) in [5.74, 6) is 1.90. The number of nitrogens with zero attached hydrogens (tertiary/aromatic N) is 4. The molecule has 0 heterocycles. The zero-order chi connectivity index (χ0) is 59.7. The van der Waals surface area contributed by atoms with Gasteiger partial charge in [-0.15, -0.1) is 0 Å². The van der Waals surface area contributed by atoms with Crippen molar-refractivity contribution in [1.82, 2.24) is 0 Å². The van der Waals surface area contributed by atoms with E-state index in [0.29, 0.717) is 71.6 Å². The van der Waals surface area contributed by atoms with Gasteiger partial charge in [0, 0.05) is 41.8 Å². The van der Waals surface area contributed by atoms with Gasteiger partial charge in [-0.2, -0.15) is 10.5 Å². The van der Waals surface area contributed by atoms with Crippen molar-refractivity contribution in [3.05, 3.63) is 240 Å². The first-order chi connectivity index (χ1) is 42.1. The number of phenolic OH excluding ortho intramolecular Hbond substituents is 2. The summed E-state index contributed by atoms with van der Waals surface area (Å²) in [5.41, 5.74) is 8.14. The Morgan fingerprint density at radius 1 is 0.372 bits per heavy atom. The Hall–Kier alpha value is -11.0. The first-order valence-electron chi connectivity index (χ1n) is 28.4. The standard InChI is InChI=1S/C72H62N4O10/c73-47-51-12-16-53(17-13-51)55-24-34-63(35-25-55)81-40-5-1-3-7-42-83-65-38-28-59(69(77)45-65)49-75-61-30-20-57(21-31-61)71(79)85-67-10-9-11-68(44-67)86-72(80)58-22-32-62(33-23-58)76-50-60-29-39-66(46-70(60)78)84-43-8-4-2-6-41-82-64-36-26-56(27-37-64)54-18-14-52(48-74)15-19-54/h9-39,44-46,49-50,77-78H,1-8,40-43H2. The van der Waals surface area contributed by atoms with Crippen LogP contribution >= 0.6 is 0 Å².